The molecule has 4 rings (SSSR count). The molecule has 0 saturated carbocycles. The largest absolute Gasteiger partial charge is 0.481 e. The highest BCUT2D eigenvalue weighted by molar-refractivity contribution is 5.97. The van der Waals surface area contributed by atoms with Gasteiger partial charge >= 0.3 is 5.97 Å². The number of carboxylic acids is 1. The van der Waals surface area contributed by atoms with Gasteiger partial charge in [0.15, 0.2) is 11.5 Å². The Kier molecular flexibility index (Phi) is 10.1. The highest BCUT2D eigenvalue weighted by atomic mass is 16.5. The van der Waals surface area contributed by atoms with Crippen LogP contribution in [0, 0.1) is 5.41 Å². The van der Waals surface area contributed by atoms with Crippen molar-refractivity contribution in [2.24, 2.45) is 5.41 Å². The maximum atomic E-state index is 13.5. The van der Waals surface area contributed by atoms with Crippen LogP contribution in [0.25, 0.3) is 5.69 Å². The minimum absolute atomic E-state index is 0.0709. The van der Waals surface area contributed by atoms with Gasteiger partial charge in [0, 0.05) is 49.6 Å². The molecule has 3 aromatic rings. The second kappa shape index (κ2) is 14.0. The maximum absolute atomic E-state index is 13.5. The van der Waals surface area contributed by atoms with Crippen molar-refractivity contribution in [3.05, 3.63) is 78.0 Å². The van der Waals surface area contributed by atoms with Crippen molar-refractivity contribution in [1.29, 1.82) is 0 Å². The number of ether oxygens (including phenoxy) is 1. The molecule has 1 aliphatic rings. The summed E-state index contributed by atoms with van der Waals surface area (Å²) in [5, 5.41) is 16.3. The first kappa shape index (κ1) is 31.9. The summed E-state index contributed by atoms with van der Waals surface area (Å²) in [5.41, 5.74) is 0.445. The lowest BCUT2D eigenvalue weighted by Gasteiger charge is -2.36. The van der Waals surface area contributed by atoms with Crippen LogP contribution in [0.15, 0.2) is 66.7 Å². The van der Waals surface area contributed by atoms with Gasteiger partial charge < -0.3 is 25.0 Å². The van der Waals surface area contributed by atoms with Gasteiger partial charge in [-0.15, -0.1) is 0 Å². The molecular weight excluding hydrogens is 566 g/mol. The zero-order valence-corrected chi connectivity index (χ0v) is 25.1. The van der Waals surface area contributed by atoms with Crippen LogP contribution >= 0.6 is 0 Å². The Hall–Kier alpha value is -5.00. The molecule has 0 bridgehead atoms. The molecule has 0 aliphatic carbocycles. The topological polar surface area (TPSA) is 151 Å². The lowest BCUT2D eigenvalue weighted by atomic mass is 9.91. The monoisotopic (exact) mass is 603 g/mol. The number of rotatable bonds is 11. The number of hydrogen-bond acceptors (Lipinski definition) is 7. The molecule has 12 heteroatoms. The summed E-state index contributed by atoms with van der Waals surface area (Å²) in [4.78, 5) is 66.8. The normalized spacial score (nSPS) is 14.1. The number of nitrogens with zero attached hydrogens (tertiary/aromatic N) is 4. The Bertz CT molecular complexity index is 1490. The number of ketones is 1. The number of aliphatic carboxylic acids is 1. The van der Waals surface area contributed by atoms with E-state index in [0.29, 0.717) is 24.3 Å². The van der Waals surface area contributed by atoms with Crippen LogP contribution in [-0.2, 0) is 14.4 Å². The number of carboxylic acid groups (broad SMARTS) is 1. The summed E-state index contributed by atoms with van der Waals surface area (Å²) in [7, 11) is 0. The van der Waals surface area contributed by atoms with E-state index in [1.54, 1.807) is 74.2 Å². The molecule has 2 aromatic carbocycles. The highest BCUT2D eigenvalue weighted by Crippen LogP contribution is 2.22. The molecule has 1 aromatic heterocycles. The Morgan fingerprint density at radius 3 is 2.09 bits per heavy atom. The maximum Gasteiger partial charge on any atom is 0.303 e. The summed E-state index contributed by atoms with van der Waals surface area (Å²) < 4.78 is 7.18. The minimum Gasteiger partial charge on any atom is -0.481 e. The summed E-state index contributed by atoms with van der Waals surface area (Å²) >= 11 is 0. The Morgan fingerprint density at radius 1 is 0.909 bits per heavy atom. The van der Waals surface area contributed by atoms with Gasteiger partial charge in [0.1, 0.15) is 12.6 Å². The van der Waals surface area contributed by atoms with Crippen LogP contribution in [0.5, 0.6) is 5.88 Å². The van der Waals surface area contributed by atoms with Crippen LogP contribution in [-0.4, -0.2) is 93.0 Å². The smallest absolute Gasteiger partial charge is 0.303 e. The fourth-order valence-corrected chi connectivity index (χ4v) is 4.56. The third-order valence-electron chi connectivity index (χ3n) is 7.25. The van der Waals surface area contributed by atoms with Gasteiger partial charge in [0.25, 0.3) is 11.8 Å². The van der Waals surface area contributed by atoms with Crippen molar-refractivity contribution in [2.45, 2.75) is 39.7 Å². The first-order valence-corrected chi connectivity index (χ1v) is 14.4. The van der Waals surface area contributed by atoms with E-state index in [2.05, 4.69) is 10.4 Å². The molecule has 1 atom stereocenters. The van der Waals surface area contributed by atoms with Crippen LogP contribution in [0.1, 0.15) is 54.5 Å². The number of carbonyl (C=O) groups is 5. The van der Waals surface area contributed by atoms with Gasteiger partial charge in [-0.2, -0.15) is 5.10 Å². The first-order chi connectivity index (χ1) is 20.9. The number of nitrogens with one attached hydrogen (secondary N) is 1. The number of amides is 3. The van der Waals surface area contributed by atoms with Crippen LogP contribution in [0.4, 0.5) is 0 Å². The predicted molar refractivity (Wildman–Crippen MR) is 161 cm³/mol. The van der Waals surface area contributed by atoms with E-state index in [0.717, 1.165) is 0 Å². The third kappa shape index (κ3) is 8.09. The molecule has 232 valence electrons. The van der Waals surface area contributed by atoms with Gasteiger partial charge in [-0.05, 0) is 30.7 Å². The molecule has 1 unspecified atom stereocenters. The summed E-state index contributed by atoms with van der Waals surface area (Å²) in [6.45, 7) is 6.17. The average molecular weight is 604 g/mol. The SMILES string of the molecule is CC(C)(C)C(=O)COc1cc(C(=O)NC(CCC(=O)O)C(=O)N2CCN(C(=O)c3ccccc3)CC2)nn1-c1ccccc1. The molecule has 2 N–H and O–H groups in total. The van der Waals surface area contributed by atoms with Crippen molar-refractivity contribution in [3.8, 4) is 11.6 Å². The molecule has 1 saturated heterocycles. The van der Waals surface area contributed by atoms with Crippen molar-refractivity contribution in [3.63, 3.8) is 0 Å². The molecule has 1 fully saturated rings. The minimum atomic E-state index is -1.14. The summed E-state index contributed by atoms with van der Waals surface area (Å²) in [5.74, 6) is -2.37. The van der Waals surface area contributed by atoms with E-state index in [-0.39, 0.29) is 55.8 Å². The standard InChI is InChI=1S/C32H37N5O7/c1-32(2,3)26(38)21-44-27-20-25(34-37(27)23-12-8-5-9-13-23)29(41)33-24(14-15-28(39)40)31(43)36-18-16-35(17-19-36)30(42)22-10-6-4-7-11-22/h4-13,20,24H,14-19,21H2,1-3H3,(H,33,41)(H,39,40). The second-order valence-corrected chi connectivity index (χ2v) is 11.5. The number of benzene rings is 2. The third-order valence-corrected chi connectivity index (χ3v) is 7.25. The van der Waals surface area contributed by atoms with Crippen LogP contribution in [0.2, 0.25) is 0 Å². The van der Waals surface area contributed by atoms with E-state index < -0.39 is 29.2 Å². The summed E-state index contributed by atoms with van der Waals surface area (Å²) in [6.07, 6.45) is -0.475. The van der Waals surface area contributed by atoms with Crippen molar-refractivity contribution < 1.29 is 33.8 Å². The molecular formula is C32H37N5O7. The molecule has 2 heterocycles. The number of piperazine rings is 1. The molecule has 3 amide bonds. The Morgan fingerprint density at radius 2 is 1.50 bits per heavy atom. The van der Waals surface area contributed by atoms with Crippen molar-refractivity contribution in [2.75, 3.05) is 32.8 Å². The molecule has 1 aliphatic heterocycles. The fourth-order valence-electron chi connectivity index (χ4n) is 4.56. The highest BCUT2D eigenvalue weighted by Gasteiger charge is 2.32. The molecule has 12 nitrogen and oxygen atoms in total. The van der Waals surface area contributed by atoms with Crippen molar-refractivity contribution >= 4 is 29.5 Å². The predicted octanol–water partition coefficient (Wildman–Crippen LogP) is 2.81. The zero-order chi connectivity index (χ0) is 31.9. The number of carbonyl (C=O) groups excluding carboxylic acids is 4. The number of hydrogen-bond donors (Lipinski definition) is 2. The van der Waals surface area contributed by atoms with Gasteiger partial charge in [-0.3, -0.25) is 24.0 Å². The summed E-state index contributed by atoms with van der Waals surface area (Å²) in [6, 6.07) is 18.0. The number of Topliss-reactive ketones (excluding diaryl/α,β-unsaturated/α-hetero) is 1. The molecule has 0 radical (unpaired) electrons. The lowest BCUT2D eigenvalue weighted by Crippen LogP contribution is -2.56. The van der Waals surface area contributed by atoms with Gasteiger partial charge in [0.05, 0.1) is 5.69 Å². The van der Waals surface area contributed by atoms with E-state index >= 15 is 0 Å². The van der Waals surface area contributed by atoms with Gasteiger partial charge in [0.2, 0.25) is 11.8 Å². The van der Waals surface area contributed by atoms with E-state index in [1.807, 2.05) is 12.1 Å². The van der Waals surface area contributed by atoms with Gasteiger partial charge in [-0.1, -0.05) is 57.2 Å². The van der Waals surface area contributed by atoms with E-state index in [1.165, 1.54) is 15.6 Å². The molecule has 44 heavy (non-hydrogen) atoms. The first-order valence-electron chi connectivity index (χ1n) is 14.4. The lowest BCUT2D eigenvalue weighted by molar-refractivity contribution is -0.138. The van der Waals surface area contributed by atoms with Crippen molar-refractivity contribution in [1.82, 2.24) is 24.9 Å². The molecule has 0 spiro atoms. The number of aromatic nitrogens is 2. The van der Waals surface area contributed by atoms with Crippen LogP contribution in [0.3, 0.4) is 0 Å². The Labute approximate surface area is 255 Å². The Balaban J connectivity index is 1.48. The zero-order valence-electron chi connectivity index (χ0n) is 25.1. The van der Waals surface area contributed by atoms with E-state index in [4.69, 9.17) is 4.74 Å². The second-order valence-electron chi connectivity index (χ2n) is 11.5. The quantitative estimate of drug-likeness (QED) is 0.340. The van der Waals surface area contributed by atoms with Gasteiger partial charge in [-0.25, -0.2) is 4.68 Å². The van der Waals surface area contributed by atoms with Crippen LogP contribution < -0.4 is 10.1 Å². The number of para-hydroxylation sites is 1. The average Bonchev–Trinajstić information content (AvgIpc) is 3.46. The van der Waals surface area contributed by atoms with E-state index in [9.17, 15) is 29.1 Å². The fraction of sp³-hybridized carbons (Fsp3) is 0.375.